The highest BCUT2D eigenvalue weighted by atomic mass is 16.5. The summed E-state index contributed by atoms with van der Waals surface area (Å²) in [5.41, 5.74) is 2.29. The lowest BCUT2D eigenvalue weighted by Gasteiger charge is -2.07. The van der Waals surface area contributed by atoms with E-state index in [0.717, 1.165) is 16.9 Å². The zero-order chi connectivity index (χ0) is 14.2. The van der Waals surface area contributed by atoms with E-state index in [1.807, 2.05) is 54.6 Å². The number of hydrogen-bond acceptors (Lipinski definition) is 3. The number of ether oxygens (including phenoxy) is 1. The van der Waals surface area contributed by atoms with Gasteiger partial charge in [-0.15, -0.1) is 0 Å². The fourth-order valence-corrected chi connectivity index (χ4v) is 1.83. The number of benzene rings is 2. The maximum absolute atomic E-state index is 10.8. The van der Waals surface area contributed by atoms with E-state index >= 15 is 0 Å². The molecule has 0 aliphatic carbocycles. The summed E-state index contributed by atoms with van der Waals surface area (Å²) in [6, 6.07) is 18.0. The van der Waals surface area contributed by atoms with Crippen LogP contribution in [0.5, 0.6) is 5.75 Å². The summed E-state index contributed by atoms with van der Waals surface area (Å²) in [6.07, 6.45) is 0. The smallest absolute Gasteiger partial charge is 0.143 e. The van der Waals surface area contributed by atoms with Crippen molar-refractivity contribution >= 4 is 5.78 Å². The second-order valence-corrected chi connectivity index (χ2v) is 4.72. The van der Waals surface area contributed by atoms with Crippen LogP contribution in [-0.4, -0.2) is 12.3 Å². The Hall–Kier alpha value is -2.13. The van der Waals surface area contributed by atoms with E-state index in [9.17, 15) is 4.79 Å². The van der Waals surface area contributed by atoms with Gasteiger partial charge in [-0.2, -0.15) is 0 Å². The Labute approximate surface area is 119 Å². The maximum Gasteiger partial charge on any atom is 0.143 e. The van der Waals surface area contributed by atoms with E-state index in [-0.39, 0.29) is 5.78 Å². The van der Waals surface area contributed by atoms with Gasteiger partial charge in [-0.05, 0) is 30.2 Å². The van der Waals surface area contributed by atoms with Crippen LogP contribution >= 0.6 is 0 Å². The normalized spacial score (nSPS) is 10.2. The van der Waals surface area contributed by atoms with Crippen molar-refractivity contribution in [2.75, 3.05) is 6.54 Å². The van der Waals surface area contributed by atoms with Crippen LogP contribution in [0, 0.1) is 0 Å². The molecule has 0 radical (unpaired) electrons. The van der Waals surface area contributed by atoms with Gasteiger partial charge in [0.15, 0.2) is 0 Å². The molecule has 2 aromatic rings. The molecule has 0 atom stereocenters. The predicted molar refractivity (Wildman–Crippen MR) is 79.6 cm³/mol. The number of carbonyl (C=O) groups is 1. The number of hydrogen-bond donors (Lipinski definition) is 1. The molecule has 0 amide bonds. The van der Waals surface area contributed by atoms with Crippen LogP contribution in [0.15, 0.2) is 54.6 Å². The average Bonchev–Trinajstić information content (AvgIpc) is 2.47. The summed E-state index contributed by atoms with van der Waals surface area (Å²) in [5.74, 6) is 0.997. The molecule has 0 aliphatic heterocycles. The molecule has 0 aromatic heterocycles. The van der Waals surface area contributed by atoms with Crippen LogP contribution in [0.2, 0.25) is 0 Å². The molecule has 3 heteroatoms. The third-order valence-electron chi connectivity index (χ3n) is 2.87. The van der Waals surface area contributed by atoms with Crippen molar-refractivity contribution in [2.45, 2.75) is 20.1 Å². The second-order valence-electron chi connectivity index (χ2n) is 4.72. The Morgan fingerprint density at radius 2 is 1.70 bits per heavy atom. The van der Waals surface area contributed by atoms with E-state index in [1.54, 1.807) is 6.92 Å². The summed E-state index contributed by atoms with van der Waals surface area (Å²) in [5, 5.41) is 3.09. The van der Waals surface area contributed by atoms with Crippen molar-refractivity contribution in [3.8, 4) is 5.75 Å². The summed E-state index contributed by atoms with van der Waals surface area (Å²) < 4.78 is 5.72. The molecule has 0 saturated heterocycles. The van der Waals surface area contributed by atoms with Crippen LogP contribution in [0.1, 0.15) is 18.1 Å². The van der Waals surface area contributed by atoms with Gasteiger partial charge < -0.3 is 10.1 Å². The Balaban J connectivity index is 1.81. The summed E-state index contributed by atoms with van der Waals surface area (Å²) in [4.78, 5) is 10.8. The first-order chi connectivity index (χ1) is 9.74. The van der Waals surface area contributed by atoms with Crippen molar-refractivity contribution in [1.82, 2.24) is 5.32 Å². The molecule has 0 heterocycles. The Morgan fingerprint density at radius 1 is 1.00 bits per heavy atom. The van der Waals surface area contributed by atoms with E-state index in [2.05, 4.69) is 5.32 Å². The molecule has 0 unspecified atom stereocenters. The van der Waals surface area contributed by atoms with E-state index < -0.39 is 0 Å². The molecular weight excluding hydrogens is 250 g/mol. The predicted octanol–water partition coefficient (Wildman–Crippen LogP) is 2.94. The second kappa shape index (κ2) is 7.46. The van der Waals surface area contributed by atoms with Crippen molar-refractivity contribution in [3.63, 3.8) is 0 Å². The third-order valence-corrected chi connectivity index (χ3v) is 2.87. The Kier molecular flexibility index (Phi) is 5.33. The van der Waals surface area contributed by atoms with Crippen LogP contribution in [-0.2, 0) is 17.9 Å². The van der Waals surface area contributed by atoms with Crippen molar-refractivity contribution in [1.29, 1.82) is 0 Å². The third kappa shape index (κ3) is 4.86. The molecule has 0 spiro atoms. The summed E-state index contributed by atoms with van der Waals surface area (Å²) >= 11 is 0. The highest BCUT2D eigenvalue weighted by molar-refractivity contribution is 5.77. The first-order valence-electron chi connectivity index (χ1n) is 6.70. The first-order valence-corrected chi connectivity index (χ1v) is 6.70. The van der Waals surface area contributed by atoms with Crippen molar-refractivity contribution in [2.24, 2.45) is 0 Å². The average molecular weight is 269 g/mol. The fourth-order valence-electron chi connectivity index (χ4n) is 1.83. The van der Waals surface area contributed by atoms with Gasteiger partial charge in [0.05, 0.1) is 6.54 Å². The van der Waals surface area contributed by atoms with Crippen LogP contribution in [0.25, 0.3) is 0 Å². The number of rotatable bonds is 7. The number of carbonyl (C=O) groups excluding carboxylic acids is 1. The molecule has 2 aromatic carbocycles. The zero-order valence-electron chi connectivity index (χ0n) is 11.6. The van der Waals surface area contributed by atoms with Gasteiger partial charge in [-0.1, -0.05) is 42.5 Å². The van der Waals surface area contributed by atoms with Gasteiger partial charge in [0.25, 0.3) is 0 Å². The van der Waals surface area contributed by atoms with Gasteiger partial charge in [-0.3, -0.25) is 4.79 Å². The molecule has 0 fully saturated rings. The standard InChI is InChI=1S/C17H19NO2/c1-14(19)11-18-12-15-7-9-17(10-8-15)20-13-16-5-3-2-4-6-16/h2-10,18H,11-13H2,1H3. The lowest BCUT2D eigenvalue weighted by molar-refractivity contribution is -0.116. The number of ketones is 1. The minimum absolute atomic E-state index is 0.146. The highest BCUT2D eigenvalue weighted by Gasteiger charge is 1.98. The van der Waals surface area contributed by atoms with Crippen LogP contribution < -0.4 is 10.1 Å². The summed E-state index contributed by atoms with van der Waals surface area (Å²) in [7, 11) is 0. The largest absolute Gasteiger partial charge is 0.489 e. The van der Waals surface area contributed by atoms with Gasteiger partial charge in [0.1, 0.15) is 18.1 Å². The molecule has 2 rings (SSSR count). The molecule has 20 heavy (non-hydrogen) atoms. The van der Waals surface area contributed by atoms with Gasteiger partial charge in [0, 0.05) is 6.54 Å². The van der Waals surface area contributed by atoms with Gasteiger partial charge in [-0.25, -0.2) is 0 Å². The molecule has 0 bridgehead atoms. The monoisotopic (exact) mass is 269 g/mol. The molecule has 1 N–H and O–H groups in total. The number of nitrogens with one attached hydrogen (secondary N) is 1. The minimum Gasteiger partial charge on any atom is -0.489 e. The van der Waals surface area contributed by atoms with E-state index in [4.69, 9.17) is 4.74 Å². The highest BCUT2D eigenvalue weighted by Crippen LogP contribution is 2.14. The van der Waals surface area contributed by atoms with E-state index in [0.29, 0.717) is 19.7 Å². The molecular formula is C17H19NO2. The van der Waals surface area contributed by atoms with Crippen LogP contribution in [0.4, 0.5) is 0 Å². The van der Waals surface area contributed by atoms with Gasteiger partial charge in [0.2, 0.25) is 0 Å². The maximum atomic E-state index is 10.8. The number of Topliss-reactive ketones (excluding diaryl/α,β-unsaturated/α-hetero) is 1. The van der Waals surface area contributed by atoms with Gasteiger partial charge >= 0.3 is 0 Å². The molecule has 0 saturated carbocycles. The fraction of sp³-hybridized carbons (Fsp3) is 0.235. The quantitative estimate of drug-likeness (QED) is 0.840. The topological polar surface area (TPSA) is 38.3 Å². The SMILES string of the molecule is CC(=O)CNCc1ccc(OCc2ccccc2)cc1. The summed E-state index contributed by atoms with van der Waals surface area (Å²) in [6.45, 7) is 3.25. The molecule has 104 valence electrons. The lowest BCUT2D eigenvalue weighted by atomic mass is 10.2. The Morgan fingerprint density at radius 3 is 2.35 bits per heavy atom. The first kappa shape index (κ1) is 14.3. The van der Waals surface area contributed by atoms with Crippen molar-refractivity contribution < 1.29 is 9.53 Å². The lowest BCUT2D eigenvalue weighted by Crippen LogP contribution is -2.20. The van der Waals surface area contributed by atoms with Crippen molar-refractivity contribution in [3.05, 3.63) is 65.7 Å². The minimum atomic E-state index is 0.146. The molecule has 0 aliphatic rings. The van der Waals surface area contributed by atoms with Crippen LogP contribution in [0.3, 0.4) is 0 Å². The zero-order valence-corrected chi connectivity index (χ0v) is 11.6. The van der Waals surface area contributed by atoms with E-state index in [1.165, 1.54) is 0 Å². The molecule has 3 nitrogen and oxygen atoms in total. The Bertz CT molecular complexity index is 535.